The molecule has 24 heteroatoms. The van der Waals surface area contributed by atoms with Crippen molar-refractivity contribution in [2.75, 3.05) is 114 Å². The maximum Gasteiger partial charge on any atom is 3.00 e. The van der Waals surface area contributed by atoms with Crippen LogP contribution in [0.1, 0.15) is 154 Å². The van der Waals surface area contributed by atoms with E-state index in [9.17, 15) is 0 Å². The molecule has 76 heavy (non-hydrogen) atoms. The van der Waals surface area contributed by atoms with Gasteiger partial charge in [0.15, 0.2) is 0 Å². The van der Waals surface area contributed by atoms with E-state index in [1.165, 1.54) is 154 Å². The molecule has 0 aliphatic heterocycles. The fraction of sp³-hybridized carbons (Fsp3) is 1.00. The predicted octanol–water partition coefficient (Wildman–Crippen LogP) is -0.860. The van der Waals surface area contributed by atoms with Crippen LogP contribution in [0, 0.1) is 0 Å². The fourth-order valence-corrected chi connectivity index (χ4v) is 21.8. The van der Waals surface area contributed by atoms with E-state index in [1.807, 2.05) is 42.7 Å². The average Bonchev–Trinajstić information content (AvgIpc) is 3.49. The molecule has 0 N–H and O–H groups in total. The summed E-state index contributed by atoms with van der Waals surface area (Å²) >= 11 is 0. The summed E-state index contributed by atoms with van der Waals surface area (Å²) in [6.45, 7) is 0. The standard InChI is InChI=1S/2C21H39O3P.10CH3O.4Ru.2Se/c2*1-22-16-4-10-19(11-5-16)25(20-12-6-17(23-2)7-13-20)21-14-8-18(24-3)9-15-21;10*1-2;;;;;;/h2*16-21H,4-15H2,1-3H3;10*1H3;;;;;;/q;;10*-1;2*+2;2*+3;;/p+2. The molecule has 0 heterocycles. The molecular formula is C52H110O16P2Ru4Se2+2. The first-order valence-corrected chi connectivity index (χ1v) is 28.9. The monoisotopic (exact) mass is 1620 g/mol. The van der Waals surface area contributed by atoms with Gasteiger partial charge in [-0.05, 0) is 154 Å². The van der Waals surface area contributed by atoms with Crippen molar-refractivity contribution in [3.63, 3.8) is 0 Å². The van der Waals surface area contributed by atoms with Gasteiger partial charge >= 0.3 is 77.9 Å². The molecule has 0 amide bonds. The third-order valence-electron chi connectivity index (χ3n) is 14.9. The third-order valence-corrected chi connectivity index (χ3v) is 24.0. The Balaban J connectivity index is -0.0000000764. The molecule has 6 fully saturated rings. The molecule has 6 saturated carbocycles. The molecule has 0 aromatic carbocycles. The van der Waals surface area contributed by atoms with Crippen LogP contribution in [0.3, 0.4) is 0 Å². The van der Waals surface area contributed by atoms with E-state index in [4.69, 9.17) is 79.5 Å². The summed E-state index contributed by atoms with van der Waals surface area (Å²) in [7, 11) is 18.3. The zero-order valence-corrected chi connectivity index (χ0v) is 62.0. The molecule has 0 aromatic rings. The van der Waals surface area contributed by atoms with Crippen LogP contribution < -0.4 is 51.1 Å². The van der Waals surface area contributed by atoms with Crippen molar-refractivity contribution in [3.05, 3.63) is 0 Å². The molecule has 0 aromatic heterocycles. The van der Waals surface area contributed by atoms with Crippen molar-refractivity contribution in [3.8, 4) is 0 Å². The van der Waals surface area contributed by atoms with Gasteiger partial charge in [0.1, 0.15) is 0 Å². The van der Waals surface area contributed by atoms with Gasteiger partial charge in [-0.1, -0.05) is 0 Å². The Kier molecular flexibility index (Phi) is 118. The Labute approximate surface area is 541 Å². The summed E-state index contributed by atoms with van der Waals surface area (Å²) < 4.78 is 33.9. The Bertz CT molecular complexity index is 757. The minimum atomic E-state index is -0.307. The molecule has 0 atom stereocenters. The van der Waals surface area contributed by atoms with E-state index in [0.29, 0.717) is 36.6 Å². The summed E-state index contributed by atoms with van der Waals surface area (Å²) in [6, 6.07) is 0. The number of rotatable bonds is 12. The first kappa shape index (κ1) is 108. The molecule has 0 unspecified atom stereocenters. The second kappa shape index (κ2) is 83.0. The topological polar surface area (TPSA) is 286 Å². The Morgan fingerprint density at radius 3 is 0.355 bits per heavy atom. The summed E-state index contributed by atoms with van der Waals surface area (Å²) in [6.07, 6.45) is 36.0. The second-order valence-corrected chi connectivity index (χ2v) is 24.2. The van der Waals surface area contributed by atoms with Gasteiger partial charge in [-0.3, -0.25) is 0 Å². The largest absolute Gasteiger partial charge is 3.00 e. The van der Waals surface area contributed by atoms with Gasteiger partial charge in [-0.15, -0.1) is 0 Å². The first-order chi connectivity index (χ1) is 34.5. The van der Waals surface area contributed by atoms with Crippen molar-refractivity contribution in [1.82, 2.24) is 0 Å². The van der Waals surface area contributed by atoms with Gasteiger partial charge in [0.25, 0.3) is 0 Å². The van der Waals surface area contributed by atoms with E-state index < -0.39 is 0 Å². The summed E-state index contributed by atoms with van der Waals surface area (Å²) in [5.74, 6) is 0. The predicted molar refractivity (Wildman–Crippen MR) is 286 cm³/mol. The Hall–Kier alpha value is 3.75. The van der Waals surface area contributed by atoms with Crippen molar-refractivity contribution in [2.24, 2.45) is 0 Å². The quantitative estimate of drug-likeness (QED) is 0.170. The van der Waals surface area contributed by atoms with Crippen LogP contribution in [-0.4, -0.2) is 218 Å². The average molecular weight is 1620 g/mol. The summed E-state index contributed by atoms with van der Waals surface area (Å²) in [4.78, 5) is 0. The van der Waals surface area contributed by atoms with Crippen LogP contribution in [-0.2, 0) is 106 Å². The molecular weight excluding hydrogens is 1500 g/mol. The van der Waals surface area contributed by atoms with Crippen molar-refractivity contribution < 1.29 is 157 Å². The fourth-order valence-electron chi connectivity index (χ4n) is 11.8. The van der Waals surface area contributed by atoms with Gasteiger partial charge in [0.2, 0.25) is 0 Å². The maximum atomic E-state index is 8.25. The molecule has 0 spiro atoms. The molecule has 6 radical (unpaired) electrons. The second-order valence-electron chi connectivity index (χ2n) is 17.3. The zero-order chi connectivity index (χ0) is 55.3. The van der Waals surface area contributed by atoms with Crippen LogP contribution in [0.2, 0.25) is 0 Å². The first-order valence-electron chi connectivity index (χ1n) is 25.5. The molecule has 6 aliphatic rings. The Morgan fingerprint density at radius 2 is 0.289 bits per heavy atom. The van der Waals surface area contributed by atoms with E-state index in [-0.39, 0.29) is 128 Å². The molecule has 0 saturated heterocycles. The van der Waals surface area contributed by atoms with Gasteiger partial charge in [-0.2, -0.15) is 71.1 Å². The van der Waals surface area contributed by atoms with Crippen LogP contribution in [0.25, 0.3) is 0 Å². The third kappa shape index (κ3) is 46.0. The molecule has 16 nitrogen and oxygen atoms in total. The molecule has 0 bridgehead atoms. The molecule has 6 aliphatic carbocycles. The smallest absolute Gasteiger partial charge is 0.857 e. The van der Waals surface area contributed by atoms with Gasteiger partial charge in [0, 0.05) is 92.6 Å². The van der Waals surface area contributed by atoms with E-state index in [1.54, 1.807) is 0 Å². The normalized spacial score (nSPS) is 28.0. The van der Waals surface area contributed by atoms with Crippen LogP contribution >= 0.6 is 15.8 Å². The maximum absolute atomic E-state index is 8.25. The number of hydrogen-bond donors (Lipinski definition) is 0. The molecule has 466 valence electrons. The van der Waals surface area contributed by atoms with Crippen LogP contribution in [0.5, 0.6) is 0 Å². The Morgan fingerprint density at radius 1 is 0.211 bits per heavy atom. The van der Waals surface area contributed by atoms with Crippen molar-refractivity contribution in [2.45, 2.75) is 225 Å². The minimum Gasteiger partial charge on any atom is -0.857 e. The SMILES string of the molecule is COC1CCC([PH+](C2CCC(OC)CC2)C2CCC(OC)CC2)CC1.COC1CCC([PH+](C2CCC(OC)CC2)C2CCC(OC)CC2)CC1.C[O-].C[O-].C[O-].C[O-].C[O-].C[O-].C[O-].C[O-].C[O-].C[O-].[Ru+2].[Ru+2].[Ru+3].[Ru+3].[Se].[Se]. The number of methoxy groups -OCH3 is 6. The van der Waals surface area contributed by atoms with Gasteiger partial charge in [-0.25, -0.2) is 0 Å². The van der Waals surface area contributed by atoms with E-state index >= 15 is 0 Å². The van der Waals surface area contributed by atoms with Crippen molar-refractivity contribution >= 4 is 50.0 Å². The number of hydrogen-bond acceptors (Lipinski definition) is 16. The molecule has 6 rings (SSSR count). The minimum absolute atomic E-state index is 0. The van der Waals surface area contributed by atoms with Crippen LogP contribution in [0.4, 0.5) is 0 Å². The zero-order valence-electron chi connectivity index (χ0n) is 49.7. The van der Waals surface area contributed by atoms with Crippen molar-refractivity contribution in [1.29, 1.82) is 0 Å². The van der Waals surface area contributed by atoms with Gasteiger partial charge in [0.05, 0.1) is 70.6 Å². The van der Waals surface area contributed by atoms with E-state index in [0.717, 1.165) is 105 Å². The summed E-state index contributed by atoms with van der Waals surface area (Å²) in [5.41, 5.74) is 6.19. The van der Waals surface area contributed by atoms with Gasteiger partial charge < -0.3 is 79.5 Å². The van der Waals surface area contributed by atoms with E-state index in [2.05, 4.69) is 0 Å². The summed E-state index contributed by atoms with van der Waals surface area (Å²) in [5, 5.41) is 82.5. The number of ether oxygens (including phenoxy) is 6. The van der Waals surface area contributed by atoms with Crippen LogP contribution in [0.15, 0.2) is 0 Å².